The highest BCUT2D eigenvalue weighted by molar-refractivity contribution is 6.30. The average molecular weight is 267 g/mol. The third kappa shape index (κ3) is 3.63. The van der Waals surface area contributed by atoms with E-state index in [1.54, 1.807) is 0 Å². The second-order valence-corrected chi connectivity index (χ2v) is 5.68. The van der Waals surface area contributed by atoms with Crippen molar-refractivity contribution in [2.45, 2.75) is 32.7 Å². The van der Waals surface area contributed by atoms with Crippen molar-refractivity contribution in [1.29, 1.82) is 0 Å². The maximum Gasteiger partial charge on any atom is 0.0426 e. The molecule has 0 radical (unpaired) electrons. The Labute approximate surface area is 115 Å². The standard InChI is InChI=1S/C15H23ClN2/c1-3-18-9-5-6-13(11-18)12(2)17-15-8-4-7-14(16)10-15/h4,7-8,10,12-13,17H,3,5-6,9,11H2,1-2H3. The molecular weight excluding hydrogens is 244 g/mol. The van der Waals surface area contributed by atoms with Gasteiger partial charge in [0.2, 0.25) is 0 Å². The molecule has 2 atom stereocenters. The van der Waals surface area contributed by atoms with E-state index in [0.717, 1.165) is 16.6 Å². The van der Waals surface area contributed by atoms with E-state index in [9.17, 15) is 0 Å². The Morgan fingerprint density at radius 2 is 2.33 bits per heavy atom. The molecule has 1 heterocycles. The molecule has 2 unspecified atom stereocenters. The van der Waals surface area contributed by atoms with Gasteiger partial charge in [-0.15, -0.1) is 0 Å². The van der Waals surface area contributed by atoms with Crippen molar-refractivity contribution in [2.75, 3.05) is 25.0 Å². The van der Waals surface area contributed by atoms with Crippen LogP contribution in [0.25, 0.3) is 0 Å². The Kier molecular flexibility index (Phi) is 4.90. The van der Waals surface area contributed by atoms with E-state index in [4.69, 9.17) is 11.6 Å². The summed E-state index contributed by atoms with van der Waals surface area (Å²) in [6, 6.07) is 8.49. The fourth-order valence-corrected chi connectivity index (χ4v) is 2.94. The van der Waals surface area contributed by atoms with E-state index >= 15 is 0 Å². The summed E-state index contributed by atoms with van der Waals surface area (Å²) in [4.78, 5) is 2.55. The zero-order chi connectivity index (χ0) is 13.0. The Bertz CT molecular complexity index is 381. The molecule has 2 rings (SSSR count). The minimum Gasteiger partial charge on any atom is -0.382 e. The molecule has 1 aliphatic heterocycles. The number of nitrogens with one attached hydrogen (secondary N) is 1. The van der Waals surface area contributed by atoms with Gasteiger partial charge in [0.15, 0.2) is 0 Å². The number of benzene rings is 1. The van der Waals surface area contributed by atoms with Gasteiger partial charge in [-0.2, -0.15) is 0 Å². The van der Waals surface area contributed by atoms with Gasteiger partial charge in [-0.1, -0.05) is 24.6 Å². The number of halogens is 1. The Morgan fingerprint density at radius 3 is 3.06 bits per heavy atom. The molecule has 0 spiro atoms. The van der Waals surface area contributed by atoms with Crippen molar-refractivity contribution in [3.05, 3.63) is 29.3 Å². The fourth-order valence-electron chi connectivity index (χ4n) is 2.75. The van der Waals surface area contributed by atoms with Crippen molar-refractivity contribution >= 4 is 17.3 Å². The van der Waals surface area contributed by atoms with Gasteiger partial charge in [0, 0.05) is 23.3 Å². The first-order chi connectivity index (χ1) is 8.69. The lowest BCUT2D eigenvalue weighted by Crippen LogP contribution is -2.41. The van der Waals surface area contributed by atoms with Gasteiger partial charge in [0.05, 0.1) is 0 Å². The van der Waals surface area contributed by atoms with Crippen molar-refractivity contribution in [1.82, 2.24) is 4.90 Å². The van der Waals surface area contributed by atoms with E-state index in [-0.39, 0.29) is 0 Å². The average Bonchev–Trinajstić information content (AvgIpc) is 2.39. The van der Waals surface area contributed by atoms with Crippen molar-refractivity contribution < 1.29 is 0 Å². The van der Waals surface area contributed by atoms with Gasteiger partial charge in [-0.3, -0.25) is 0 Å². The van der Waals surface area contributed by atoms with Crippen molar-refractivity contribution in [3.63, 3.8) is 0 Å². The third-order valence-electron chi connectivity index (χ3n) is 3.92. The lowest BCUT2D eigenvalue weighted by atomic mass is 9.91. The molecule has 1 aliphatic rings. The molecule has 1 fully saturated rings. The van der Waals surface area contributed by atoms with Crippen LogP contribution < -0.4 is 5.32 Å². The van der Waals surface area contributed by atoms with Crippen molar-refractivity contribution in [2.24, 2.45) is 5.92 Å². The van der Waals surface area contributed by atoms with Crippen LogP contribution >= 0.6 is 11.6 Å². The minimum absolute atomic E-state index is 0.498. The summed E-state index contributed by atoms with van der Waals surface area (Å²) < 4.78 is 0. The van der Waals surface area contributed by atoms with Gasteiger partial charge in [0.25, 0.3) is 0 Å². The number of hydrogen-bond acceptors (Lipinski definition) is 2. The van der Waals surface area contributed by atoms with E-state index < -0.39 is 0 Å². The summed E-state index contributed by atoms with van der Waals surface area (Å²) in [5.41, 5.74) is 1.13. The highest BCUT2D eigenvalue weighted by Crippen LogP contribution is 2.23. The third-order valence-corrected chi connectivity index (χ3v) is 4.15. The topological polar surface area (TPSA) is 15.3 Å². The maximum absolute atomic E-state index is 6.01. The molecule has 0 bridgehead atoms. The molecule has 18 heavy (non-hydrogen) atoms. The molecule has 100 valence electrons. The number of rotatable bonds is 4. The molecule has 0 amide bonds. The first-order valence-corrected chi connectivity index (χ1v) is 7.31. The first-order valence-electron chi connectivity index (χ1n) is 6.93. The summed E-state index contributed by atoms with van der Waals surface area (Å²) in [5.74, 6) is 0.734. The number of likely N-dealkylation sites (tertiary alicyclic amines) is 1. The number of anilines is 1. The van der Waals surface area contributed by atoms with Crippen LogP contribution in [0.5, 0.6) is 0 Å². The molecule has 0 saturated carbocycles. The predicted molar refractivity (Wildman–Crippen MR) is 79.4 cm³/mol. The zero-order valence-electron chi connectivity index (χ0n) is 11.3. The minimum atomic E-state index is 0.498. The zero-order valence-corrected chi connectivity index (χ0v) is 12.1. The van der Waals surface area contributed by atoms with Gasteiger partial charge >= 0.3 is 0 Å². The van der Waals surface area contributed by atoms with E-state index in [1.807, 2.05) is 18.2 Å². The van der Waals surface area contributed by atoms with Crippen LogP contribution in [0.1, 0.15) is 26.7 Å². The Balaban J connectivity index is 1.93. The monoisotopic (exact) mass is 266 g/mol. The van der Waals surface area contributed by atoms with Crippen LogP contribution in [0, 0.1) is 5.92 Å². The first kappa shape index (κ1) is 13.7. The van der Waals surface area contributed by atoms with Crippen LogP contribution in [0.2, 0.25) is 5.02 Å². The Morgan fingerprint density at radius 1 is 1.50 bits per heavy atom. The molecule has 0 aliphatic carbocycles. The quantitative estimate of drug-likeness (QED) is 0.890. The van der Waals surface area contributed by atoms with Crippen LogP contribution in [0.15, 0.2) is 24.3 Å². The SMILES string of the molecule is CCN1CCCC(C(C)Nc2cccc(Cl)c2)C1. The fraction of sp³-hybridized carbons (Fsp3) is 0.600. The molecule has 0 aromatic heterocycles. The molecule has 1 aromatic carbocycles. The largest absolute Gasteiger partial charge is 0.382 e. The summed E-state index contributed by atoms with van der Waals surface area (Å²) in [7, 11) is 0. The summed E-state index contributed by atoms with van der Waals surface area (Å²) >= 11 is 6.01. The number of nitrogens with zero attached hydrogens (tertiary/aromatic N) is 1. The maximum atomic E-state index is 6.01. The highest BCUT2D eigenvalue weighted by atomic mass is 35.5. The van der Waals surface area contributed by atoms with E-state index in [2.05, 4.69) is 30.1 Å². The summed E-state index contributed by atoms with van der Waals surface area (Å²) in [6.45, 7) is 8.17. The number of hydrogen-bond donors (Lipinski definition) is 1. The van der Waals surface area contributed by atoms with Gasteiger partial charge in [-0.25, -0.2) is 0 Å². The normalized spacial score (nSPS) is 22.7. The molecule has 1 saturated heterocycles. The molecule has 3 heteroatoms. The van der Waals surface area contributed by atoms with Crippen LogP contribution in [0.4, 0.5) is 5.69 Å². The second-order valence-electron chi connectivity index (χ2n) is 5.24. The molecule has 2 nitrogen and oxygen atoms in total. The van der Waals surface area contributed by atoms with Crippen molar-refractivity contribution in [3.8, 4) is 0 Å². The summed E-state index contributed by atoms with van der Waals surface area (Å²) in [5, 5.41) is 4.38. The van der Waals surface area contributed by atoms with E-state index in [1.165, 1.54) is 32.5 Å². The van der Waals surface area contributed by atoms with Gasteiger partial charge in [0.1, 0.15) is 0 Å². The van der Waals surface area contributed by atoms with Crippen LogP contribution in [-0.2, 0) is 0 Å². The van der Waals surface area contributed by atoms with Crippen LogP contribution in [-0.4, -0.2) is 30.6 Å². The smallest absolute Gasteiger partial charge is 0.0426 e. The lowest BCUT2D eigenvalue weighted by molar-refractivity contribution is 0.172. The summed E-state index contributed by atoms with van der Waals surface area (Å²) in [6.07, 6.45) is 2.64. The second kappa shape index (κ2) is 6.44. The lowest BCUT2D eigenvalue weighted by Gasteiger charge is -2.35. The molecule has 1 aromatic rings. The van der Waals surface area contributed by atoms with Gasteiger partial charge < -0.3 is 10.2 Å². The molecule has 1 N–H and O–H groups in total. The van der Waals surface area contributed by atoms with E-state index in [0.29, 0.717) is 6.04 Å². The van der Waals surface area contributed by atoms with Crippen LogP contribution in [0.3, 0.4) is 0 Å². The predicted octanol–water partition coefficient (Wildman–Crippen LogP) is 3.87. The van der Waals surface area contributed by atoms with Gasteiger partial charge in [-0.05, 0) is 57.0 Å². The number of piperidine rings is 1. The highest BCUT2D eigenvalue weighted by Gasteiger charge is 2.23. The molecular formula is C15H23ClN2. The Hall–Kier alpha value is -0.730.